The van der Waals surface area contributed by atoms with Gasteiger partial charge in [0.1, 0.15) is 0 Å². The summed E-state index contributed by atoms with van der Waals surface area (Å²) in [5.74, 6) is -3.15. The Kier molecular flexibility index (Phi) is 3.25. The Morgan fingerprint density at radius 1 is 1.62 bits per heavy atom. The van der Waals surface area contributed by atoms with Gasteiger partial charge in [0.05, 0.1) is 13.7 Å². The molecular weight excluding hydrogens is 176 g/mol. The van der Waals surface area contributed by atoms with E-state index < -0.39 is 17.9 Å². The van der Waals surface area contributed by atoms with E-state index in [0.29, 0.717) is 19.6 Å². The van der Waals surface area contributed by atoms with Gasteiger partial charge in [-0.15, -0.1) is 0 Å². The van der Waals surface area contributed by atoms with E-state index in [2.05, 4.69) is 4.74 Å². The molecule has 0 aromatic carbocycles. The van der Waals surface area contributed by atoms with Crippen LogP contribution in [0.5, 0.6) is 0 Å². The largest absolute Gasteiger partial charge is 0.481 e. The monoisotopic (exact) mass is 188 g/mol. The zero-order valence-corrected chi connectivity index (χ0v) is 7.36. The van der Waals surface area contributed by atoms with Crippen LogP contribution >= 0.6 is 0 Å². The Bertz CT molecular complexity index is 207. The molecule has 1 N–H and O–H groups in total. The van der Waals surface area contributed by atoms with Gasteiger partial charge < -0.3 is 14.6 Å². The zero-order chi connectivity index (χ0) is 9.84. The fourth-order valence-electron chi connectivity index (χ4n) is 1.44. The van der Waals surface area contributed by atoms with Crippen molar-refractivity contribution in [1.29, 1.82) is 0 Å². The second-order valence-electron chi connectivity index (χ2n) is 2.96. The fourth-order valence-corrected chi connectivity index (χ4v) is 1.44. The predicted octanol–water partition coefficient (Wildman–Crippen LogP) is -0.103. The number of carboxylic acids is 1. The minimum absolute atomic E-state index is 0.245. The number of carboxylic acid groups (broad SMARTS) is 1. The van der Waals surface area contributed by atoms with Crippen LogP contribution in [0.15, 0.2) is 0 Å². The molecule has 0 bridgehead atoms. The molecule has 13 heavy (non-hydrogen) atoms. The van der Waals surface area contributed by atoms with Crippen LogP contribution in [0.4, 0.5) is 0 Å². The topological polar surface area (TPSA) is 72.8 Å². The Labute approximate surface area is 75.6 Å². The zero-order valence-electron chi connectivity index (χ0n) is 7.36. The van der Waals surface area contributed by atoms with Crippen LogP contribution < -0.4 is 0 Å². The van der Waals surface area contributed by atoms with Gasteiger partial charge in [-0.05, 0) is 6.42 Å². The van der Waals surface area contributed by atoms with Crippen LogP contribution in [0.25, 0.3) is 0 Å². The lowest BCUT2D eigenvalue weighted by molar-refractivity contribution is -0.159. The van der Waals surface area contributed by atoms with E-state index in [1.807, 2.05) is 0 Å². The second-order valence-corrected chi connectivity index (χ2v) is 2.96. The van der Waals surface area contributed by atoms with Crippen molar-refractivity contribution in [1.82, 2.24) is 0 Å². The smallest absolute Gasteiger partial charge is 0.320 e. The maximum atomic E-state index is 11.1. The highest BCUT2D eigenvalue weighted by Crippen LogP contribution is 2.23. The van der Waals surface area contributed by atoms with Gasteiger partial charge in [-0.1, -0.05) is 0 Å². The van der Waals surface area contributed by atoms with Crippen LogP contribution in [0.1, 0.15) is 6.42 Å². The maximum absolute atomic E-state index is 11.1. The summed E-state index contributed by atoms with van der Waals surface area (Å²) in [6.45, 7) is 0.845. The molecule has 1 aliphatic rings. The number of carbonyl (C=O) groups is 2. The van der Waals surface area contributed by atoms with Gasteiger partial charge in [0.2, 0.25) is 0 Å². The molecule has 74 valence electrons. The van der Waals surface area contributed by atoms with Gasteiger partial charge in [-0.3, -0.25) is 9.59 Å². The van der Waals surface area contributed by atoms with E-state index in [0.717, 1.165) is 0 Å². The van der Waals surface area contributed by atoms with Gasteiger partial charge in [-0.25, -0.2) is 0 Å². The van der Waals surface area contributed by atoms with Gasteiger partial charge in [0, 0.05) is 12.5 Å². The first-order valence-corrected chi connectivity index (χ1v) is 4.05. The first kappa shape index (κ1) is 9.98. The van der Waals surface area contributed by atoms with Crippen LogP contribution in [0, 0.1) is 11.8 Å². The van der Waals surface area contributed by atoms with E-state index in [1.165, 1.54) is 7.11 Å². The standard InChI is InChI=1S/C8H12O5/c1-12-8(11)6(7(9)10)5-2-3-13-4-5/h5-6H,2-4H2,1H3,(H,9,10). The molecular formula is C8H12O5. The Morgan fingerprint density at radius 2 is 2.31 bits per heavy atom. The Balaban J connectivity index is 2.66. The third-order valence-electron chi connectivity index (χ3n) is 2.16. The van der Waals surface area contributed by atoms with Crippen molar-refractivity contribution in [2.24, 2.45) is 11.8 Å². The van der Waals surface area contributed by atoms with Crippen molar-refractivity contribution in [2.45, 2.75) is 6.42 Å². The van der Waals surface area contributed by atoms with Crippen LogP contribution in [0.2, 0.25) is 0 Å². The number of methoxy groups -OCH3 is 1. The van der Waals surface area contributed by atoms with Crippen molar-refractivity contribution in [3.8, 4) is 0 Å². The van der Waals surface area contributed by atoms with Gasteiger partial charge in [0.15, 0.2) is 5.92 Å². The lowest BCUT2D eigenvalue weighted by Gasteiger charge is -2.14. The van der Waals surface area contributed by atoms with E-state index in [-0.39, 0.29) is 5.92 Å². The minimum Gasteiger partial charge on any atom is -0.481 e. The number of rotatable bonds is 3. The number of carbonyl (C=O) groups excluding carboxylic acids is 1. The molecule has 5 nitrogen and oxygen atoms in total. The summed E-state index contributed by atoms with van der Waals surface area (Å²) < 4.78 is 9.42. The average Bonchev–Trinajstić information content (AvgIpc) is 2.56. The maximum Gasteiger partial charge on any atom is 0.320 e. The molecule has 0 aromatic rings. The number of hydrogen-bond acceptors (Lipinski definition) is 4. The number of ether oxygens (including phenoxy) is 2. The molecule has 0 aromatic heterocycles. The van der Waals surface area contributed by atoms with Crippen LogP contribution in [0.3, 0.4) is 0 Å². The summed E-state index contributed by atoms with van der Waals surface area (Å²) in [5.41, 5.74) is 0. The van der Waals surface area contributed by atoms with Crippen molar-refractivity contribution >= 4 is 11.9 Å². The summed E-state index contributed by atoms with van der Waals surface area (Å²) >= 11 is 0. The molecule has 1 aliphatic heterocycles. The summed E-state index contributed by atoms with van der Waals surface area (Å²) in [6, 6.07) is 0. The molecule has 5 heteroatoms. The minimum atomic E-state index is -1.14. The van der Waals surface area contributed by atoms with E-state index in [1.54, 1.807) is 0 Å². The average molecular weight is 188 g/mol. The molecule has 0 radical (unpaired) electrons. The fraction of sp³-hybridized carbons (Fsp3) is 0.750. The number of aliphatic carboxylic acids is 1. The summed E-state index contributed by atoms with van der Waals surface area (Å²) in [5, 5.41) is 8.78. The van der Waals surface area contributed by atoms with E-state index in [4.69, 9.17) is 9.84 Å². The molecule has 2 unspecified atom stereocenters. The van der Waals surface area contributed by atoms with E-state index in [9.17, 15) is 9.59 Å². The van der Waals surface area contributed by atoms with Gasteiger partial charge in [-0.2, -0.15) is 0 Å². The van der Waals surface area contributed by atoms with Crippen LogP contribution in [-0.2, 0) is 19.1 Å². The molecule has 1 heterocycles. The molecule has 1 rings (SSSR count). The van der Waals surface area contributed by atoms with E-state index >= 15 is 0 Å². The van der Waals surface area contributed by atoms with Gasteiger partial charge in [0.25, 0.3) is 0 Å². The molecule has 1 saturated heterocycles. The molecule has 0 spiro atoms. The summed E-state index contributed by atoms with van der Waals surface area (Å²) in [6.07, 6.45) is 0.603. The van der Waals surface area contributed by atoms with Gasteiger partial charge >= 0.3 is 11.9 Å². The lowest BCUT2D eigenvalue weighted by Crippen LogP contribution is -2.32. The highest BCUT2D eigenvalue weighted by molar-refractivity contribution is 5.94. The molecule has 2 atom stereocenters. The van der Waals surface area contributed by atoms with Crippen molar-refractivity contribution in [3.05, 3.63) is 0 Å². The van der Waals surface area contributed by atoms with Crippen molar-refractivity contribution < 1.29 is 24.2 Å². The quantitative estimate of drug-likeness (QED) is 0.494. The third-order valence-corrected chi connectivity index (χ3v) is 2.16. The number of esters is 1. The highest BCUT2D eigenvalue weighted by atomic mass is 16.5. The summed E-state index contributed by atoms with van der Waals surface area (Å²) in [4.78, 5) is 21.8. The third kappa shape index (κ3) is 2.18. The Hall–Kier alpha value is -1.10. The van der Waals surface area contributed by atoms with Crippen molar-refractivity contribution in [2.75, 3.05) is 20.3 Å². The second kappa shape index (κ2) is 4.23. The molecule has 1 fully saturated rings. The predicted molar refractivity (Wildman–Crippen MR) is 42.1 cm³/mol. The first-order chi connectivity index (χ1) is 6.16. The number of hydrogen-bond donors (Lipinski definition) is 1. The normalized spacial score (nSPS) is 23.9. The Morgan fingerprint density at radius 3 is 2.69 bits per heavy atom. The molecule has 0 amide bonds. The first-order valence-electron chi connectivity index (χ1n) is 4.05. The lowest BCUT2D eigenvalue weighted by atomic mass is 9.92. The molecule has 0 aliphatic carbocycles. The highest BCUT2D eigenvalue weighted by Gasteiger charge is 2.37. The summed E-state index contributed by atoms with van der Waals surface area (Å²) in [7, 11) is 1.19. The molecule has 0 saturated carbocycles. The van der Waals surface area contributed by atoms with Crippen LogP contribution in [-0.4, -0.2) is 37.4 Å². The van der Waals surface area contributed by atoms with Crippen molar-refractivity contribution in [3.63, 3.8) is 0 Å². The SMILES string of the molecule is COC(=O)C(C(=O)O)C1CCOC1.